The molecule has 1 aliphatic rings. The maximum atomic E-state index is 9.95. The van der Waals surface area contributed by atoms with Crippen molar-refractivity contribution in [1.29, 1.82) is 0 Å². The molecule has 0 aromatic carbocycles. The molecule has 0 spiro atoms. The monoisotopic (exact) mass is 168 g/mol. The fraction of sp³-hybridized carbons (Fsp3) is 0.667. The second kappa shape index (κ2) is 3.59. The Bertz CT molecular complexity index is 206. The Morgan fingerprint density at radius 1 is 1.92 bits per heavy atom. The van der Waals surface area contributed by atoms with Crippen LogP contribution in [0.3, 0.4) is 0 Å². The van der Waals surface area contributed by atoms with Crippen LogP contribution in [0.5, 0.6) is 0 Å². The van der Waals surface area contributed by atoms with Crippen LogP contribution < -0.4 is 0 Å². The van der Waals surface area contributed by atoms with Gasteiger partial charge in [-0.1, -0.05) is 5.92 Å². The van der Waals surface area contributed by atoms with Gasteiger partial charge >= 0.3 is 0 Å². The zero-order chi connectivity index (χ0) is 9.03. The maximum absolute atomic E-state index is 9.95. The highest BCUT2D eigenvalue weighted by Crippen LogP contribution is 2.29. The average molecular weight is 168 g/mol. The van der Waals surface area contributed by atoms with Gasteiger partial charge in [0.25, 0.3) is 6.47 Å². The van der Waals surface area contributed by atoms with E-state index in [-0.39, 0.29) is 12.7 Å². The largest absolute Gasteiger partial charge is 0.464 e. The van der Waals surface area contributed by atoms with Crippen molar-refractivity contribution in [2.75, 3.05) is 6.61 Å². The lowest BCUT2D eigenvalue weighted by Gasteiger charge is -2.21. The van der Waals surface area contributed by atoms with E-state index in [4.69, 9.17) is 11.2 Å². The van der Waals surface area contributed by atoms with E-state index in [1.807, 2.05) is 6.92 Å². The molecule has 12 heavy (non-hydrogen) atoms. The lowest BCUT2D eigenvalue weighted by molar-refractivity contribution is -0.135. The van der Waals surface area contributed by atoms with Gasteiger partial charge in [-0.25, -0.2) is 0 Å². The van der Waals surface area contributed by atoms with Crippen LogP contribution in [-0.2, 0) is 14.3 Å². The molecule has 1 heterocycles. The first kappa shape index (κ1) is 9.08. The third-order valence-corrected chi connectivity index (χ3v) is 2.03. The lowest BCUT2D eigenvalue weighted by Crippen LogP contribution is -2.32. The zero-order valence-electron chi connectivity index (χ0n) is 7.08. The highest BCUT2D eigenvalue weighted by Gasteiger charge is 2.37. The van der Waals surface area contributed by atoms with Crippen LogP contribution in [0.25, 0.3) is 0 Å². The van der Waals surface area contributed by atoms with Gasteiger partial charge in [-0.05, 0) is 19.8 Å². The number of carbonyl (C=O) groups is 1. The van der Waals surface area contributed by atoms with Crippen molar-refractivity contribution in [2.24, 2.45) is 0 Å². The number of ether oxygens (including phenoxy) is 2. The molecule has 0 aromatic heterocycles. The standard InChI is InChI=1S/C9H12O3/c1-3-9(6-11-7-10)5-4-8(2)12-9/h1,7-8H,4-6H2,2H3. The van der Waals surface area contributed by atoms with Crippen molar-refractivity contribution in [3.63, 3.8) is 0 Å². The fourth-order valence-electron chi connectivity index (χ4n) is 1.36. The normalized spacial score (nSPS) is 34.2. The van der Waals surface area contributed by atoms with Crippen LogP contribution in [0.4, 0.5) is 0 Å². The van der Waals surface area contributed by atoms with Crippen LogP contribution in [-0.4, -0.2) is 24.8 Å². The summed E-state index contributed by atoms with van der Waals surface area (Å²) in [6, 6.07) is 0. The molecule has 0 aliphatic carbocycles. The molecule has 2 atom stereocenters. The molecule has 2 unspecified atom stereocenters. The highest BCUT2D eigenvalue weighted by molar-refractivity contribution is 5.37. The Morgan fingerprint density at radius 3 is 3.08 bits per heavy atom. The second-order valence-corrected chi connectivity index (χ2v) is 3.01. The summed E-state index contributed by atoms with van der Waals surface area (Å²) in [6.07, 6.45) is 7.15. The number of carbonyl (C=O) groups excluding carboxylic acids is 1. The van der Waals surface area contributed by atoms with E-state index in [9.17, 15) is 4.79 Å². The molecule has 0 amide bonds. The van der Waals surface area contributed by atoms with Crippen LogP contribution in [0.15, 0.2) is 0 Å². The number of hydrogen-bond acceptors (Lipinski definition) is 3. The summed E-state index contributed by atoms with van der Waals surface area (Å²) in [7, 11) is 0. The molecule has 3 heteroatoms. The summed E-state index contributed by atoms with van der Waals surface area (Å²) in [5.74, 6) is 2.54. The maximum Gasteiger partial charge on any atom is 0.293 e. The van der Waals surface area contributed by atoms with Crippen molar-refractivity contribution in [2.45, 2.75) is 31.5 Å². The predicted octanol–water partition coefficient (Wildman–Crippen LogP) is 0.730. The zero-order valence-corrected chi connectivity index (χ0v) is 7.08. The molecule has 0 radical (unpaired) electrons. The Morgan fingerprint density at radius 2 is 2.67 bits per heavy atom. The van der Waals surface area contributed by atoms with Crippen LogP contribution in [0.1, 0.15) is 19.8 Å². The molecular formula is C9H12O3. The predicted molar refractivity (Wildman–Crippen MR) is 43.4 cm³/mol. The molecule has 1 aliphatic heterocycles. The quantitative estimate of drug-likeness (QED) is 0.460. The van der Waals surface area contributed by atoms with Gasteiger partial charge in [-0.3, -0.25) is 4.79 Å². The Labute approximate surface area is 72.0 Å². The first-order chi connectivity index (χ1) is 5.72. The molecule has 1 fully saturated rings. The second-order valence-electron chi connectivity index (χ2n) is 3.01. The molecule has 0 N–H and O–H groups in total. The summed E-state index contributed by atoms with van der Waals surface area (Å²) < 4.78 is 10.1. The molecule has 0 aromatic rings. The van der Waals surface area contributed by atoms with Gasteiger partial charge in [0.1, 0.15) is 6.61 Å². The van der Waals surface area contributed by atoms with Gasteiger partial charge in [-0.2, -0.15) is 0 Å². The van der Waals surface area contributed by atoms with E-state index in [1.165, 1.54) is 0 Å². The first-order valence-electron chi connectivity index (χ1n) is 3.93. The minimum absolute atomic E-state index is 0.163. The van der Waals surface area contributed by atoms with E-state index in [0.29, 0.717) is 6.47 Å². The number of hydrogen-bond donors (Lipinski definition) is 0. The number of rotatable bonds is 3. The minimum Gasteiger partial charge on any atom is -0.464 e. The molecule has 0 bridgehead atoms. The van der Waals surface area contributed by atoms with Gasteiger partial charge in [0.15, 0.2) is 5.60 Å². The Balaban J connectivity index is 2.53. The Kier molecular flexibility index (Phi) is 2.72. The minimum atomic E-state index is -0.666. The fourth-order valence-corrected chi connectivity index (χ4v) is 1.36. The van der Waals surface area contributed by atoms with Crippen molar-refractivity contribution >= 4 is 6.47 Å². The lowest BCUT2D eigenvalue weighted by atomic mass is 10.0. The summed E-state index contributed by atoms with van der Waals surface area (Å²) in [4.78, 5) is 9.95. The van der Waals surface area contributed by atoms with Crippen LogP contribution >= 0.6 is 0 Å². The van der Waals surface area contributed by atoms with Crippen molar-refractivity contribution < 1.29 is 14.3 Å². The molecule has 0 saturated carbocycles. The topological polar surface area (TPSA) is 35.5 Å². The first-order valence-corrected chi connectivity index (χ1v) is 3.93. The molecule has 1 saturated heterocycles. The van der Waals surface area contributed by atoms with E-state index in [1.54, 1.807) is 0 Å². The number of terminal acetylenes is 1. The van der Waals surface area contributed by atoms with Gasteiger partial charge in [0.05, 0.1) is 6.10 Å². The van der Waals surface area contributed by atoms with E-state index in [0.717, 1.165) is 12.8 Å². The summed E-state index contributed by atoms with van der Waals surface area (Å²) >= 11 is 0. The summed E-state index contributed by atoms with van der Waals surface area (Å²) in [5, 5.41) is 0. The van der Waals surface area contributed by atoms with Crippen molar-refractivity contribution in [1.82, 2.24) is 0 Å². The van der Waals surface area contributed by atoms with Gasteiger partial charge < -0.3 is 9.47 Å². The van der Waals surface area contributed by atoms with Crippen molar-refractivity contribution in [3.8, 4) is 12.3 Å². The van der Waals surface area contributed by atoms with Crippen LogP contribution in [0, 0.1) is 12.3 Å². The SMILES string of the molecule is C#CC1(COC=O)CCC(C)O1. The van der Waals surface area contributed by atoms with E-state index < -0.39 is 5.60 Å². The van der Waals surface area contributed by atoms with Gasteiger partial charge in [0, 0.05) is 0 Å². The van der Waals surface area contributed by atoms with Crippen molar-refractivity contribution in [3.05, 3.63) is 0 Å². The third-order valence-electron chi connectivity index (χ3n) is 2.03. The van der Waals surface area contributed by atoms with Gasteiger partial charge in [-0.15, -0.1) is 6.42 Å². The highest BCUT2D eigenvalue weighted by atomic mass is 16.6. The summed E-state index contributed by atoms with van der Waals surface area (Å²) in [5.41, 5.74) is -0.666. The summed E-state index contributed by atoms with van der Waals surface area (Å²) in [6.45, 7) is 2.52. The smallest absolute Gasteiger partial charge is 0.293 e. The molecule has 66 valence electrons. The average Bonchev–Trinajstić information content (AvgIpc) is 2.45. The van der Waals surface area contributed by atoms with Gasteiger partial charge in [0.2, 0.25) is 0 Å². The third kappa shape index (κ3) is 1.77. The van der Waals surface area contributed by atoms with E-state index >= 15 is 0 Å². The Hall–Kier alpha value is -1.01. The van der Waals surface area contributed by atoms with Crippen LogP contribution in [0.2, 0.25) is 0 Å². The van der Waals surface area contributed by atoms with E-state index in [2.05, 4.69) is 10.7 Å². The molecule has 3 nitrogen and oxygen atoms in total. The molecule has 1 rings (SSSR count). The molecular weight excluding hydrogens is 156 g/mol.